The second-order valence-corrected chi connectivity index (χ2v) is 7.93. The van der Waals surface area contributed by atoms with Crippen LogP contribution in [0.3, 0.4) is 0 Å². The maximum atomic E-state index is 5.29. The number of hydrogen-bond acceptors (Lipinski definition) is 4. The van der Waals surface area contributed by atoms with Gasteiger partial charge in [0.25, 0.3) is 0 Å². The van der Waals surface area contributed by atoms with Gasteiger partial charge in [0.2, 0.25) is 0 Å². The van der Waals surface area contributed by atoms with E-state index in [4.69, 9.17) is 4.74 Å². The summed E-state index contributed by atoms with van der Waals surface area (Å²) in [6, 6.07) is 25.0. The highest BCUT2D eigenvalue weighted by molar-refractivity contribution is 7.98. The Kier molecular flexibility index (Phi) is 5.67. The predicted molar refractivity (Wildman–Crippen MR) is 119 cm³/mol. The molecule has 1 aromatic heterocycles. The molecule has 1 heterocycles. The minimum Gasteiger partial charge on any atom is -0.497 e. The first-order chi connectivity index (χ1) is 14.1. The van der Waals surface area contributed by atoms with E-state index in [0.717, 1.165) is 33.7 Å². The zero-order chi connectivity index (χ0) is 20.2. The summed E-state index contributed by atoms with van der Waals surface area (Å²) >= 11 is 1.69. The fourth-order valence-corrected chi connectivity index (χ4v) is 4.03. The molecule has 0 unspecified atom stereocenters. The van der Waals surface area contributed by atoms with Crippen LogP contribution in [0.15, 0.2) is 78.0 Å². The van der Waals surface area contributed by atoms with Crippen LogP contribution in [0.2, 0.25) is 0 Å². The van der Waals surface area contributed by atoms with Gasteiger partial charge in [-0.25, -0.2) is 0 Å². The third-order valence-corrected chi connectivity index (χ3v) is 5.73. The molecule has 0 saturated heterocycles. The molecule has 5 heteroatoms. The van der Waals surface area contributed by atoms with Crippen molar-refractivity contribution in [2.24, 2.45) is 0 Å². The van der Waals surface area contributed by atoms with Crippen LogP contribution >= 0.6 is 11.8 Å². The normalized spacial score (nSPS) is 10.9. The number of ether oxygens (including phenoxy) is 1. The van der Waals surface area contributed by atoms with Gasteiger partial charge in [-0.15, -0.1) is 10.2 Å². The molecular weight excluding hydrogens is 378 g/mol. The molecule has 0 saturated carbocycles. The van der Waals surface area contributed by atoms with E-state index in [1.54, 1.807) is 18.9 Å². The van der Waals surface area contributed by atoms with Crippen molar-refractivity contribution in [3.8, 4) is 22.8 Å². The van der Waals surface area contributed by atoms with Crippen LogP contribution < -0.4 is 4.74 Å². The highest BCUT2D eigenvalue weighted by Gasteiger charge is 2.16. The average molecular weight is 402 g/mol. The third kappa shape index (κ3) is 4.35. The molecule has 0 spiro atoms. The van der Waals surface area contributed by atoms with E-state index in [9.17, 15) is 0 Å². The van der Waals surface area contributed by atoms with Crippen molar-refractivity contribution >= 4 is 11.8 Å². The van der Waals surface area contributed by atoms with Gasteiger partial charge in [0.15, 0.2) is 11.0 Å². The number of thioether (sulfide) groups is 1. The first-order valence-corrected chi connectivity index (χ1v) is 10.5. The van der Waals surface area contributed by atoms with Gasteiger partial charge in [-0.05, 0) is 61.4 Å². The summed E-state index contributed by atoms with van der Waals surface area (Å²) in [5.74, 6) is 2.49. The number of rotatable bonds is 6. The van der Waals surface area contributed by atoms with E-state index < -0.39 is 0 Å². The van der Waals surface area contributed by atoms with E-state index >= 15 is 0 Å². The molecule has 0 N–H and O–H groups in total. The third-order valence-electron chi connectivity index (χ3n) is 4.73. The summed E-state index contributed by atoms with van der Waals surface area (Å²) in [5, 5.41) is 9.92. The number of methoxy groups -OCH3 is 1. The molecule has 0 aliphatic rings. The van der Waals surface area contributed by atoms with E-state index in [1.807, 2.05) is 24.3 Å². The van der Waals surface area contributed by atoms with Crippen LogP contribution in [0.1, 0.15) is 16.7 Å². The van der Waals surface area contributed by atoms with Crippen LogP contribution in [0, 0.1) is 13.8 Å². The van der Waals surface area contributed by atoms with Crippen LogP contribution in [-0.4, -0.2) is 21.9 Å². The lowest BCUT2D eigenvalue weighted by molar-refractivity contribution is 0.415. The summed E-state index contributed by atoms with van der Waals surface area (Å²) in [6.07, 6.45) is 0. The summed E-state index contributed by atoms with van der Waals surface area (Å²) in [6.45, 7) is 4.20. The van der Waals surface area contributed by atoms with Gasteiger partial charge < -0.3 is 4.74 Å². The maximum absolute atomic E-state index is 5.29. The topological polar surface area (TPSA) is 39.9 Å². The van der Waals surface area contributed by atoms with Gasteiger partial charge in [0, 0.05) is 17.0 Å². The zero-order valence-corrected chi connectivity index (χ0v) is 17.6. The predicted octanol–water partition coefficient (Wildman–Crippen LogP) is 5.85. The Balaban J connectivity index is 1.72. The van der Waals surface area contributed by atoms with Gasteiger partial charge >= 0.3 is 0 Å². The quantitative estimate of drug-likeness (QED) is 0.380. The molecule has 4 rings (SSSR count). The second-order valence-electron chi connectivity index (χ2n) is 6.98. The highest BCUT2D eigenvalue weighted by Crippen LogP contribution is 2.30. The lowest BCUT2D eigenvalue weighted by Crippen LogP contribution is -2.00. The van der Waals surface area contributed by atoms with Crippen molar-refractivity contribution in [3.05, 3.63) is 89.5 Å². The number of aryl methyl sites for hydroxylation is 2. The standard InChI is InChI=1S/C24H23N3OS/c1-17-7-9-19(10-8-17)16-29-24-26-25-23(20-11-13-22(28-3)14-12-20)27(24)21-6-4-5-18(2)15-21/h4-15H,16H2,1-3H3. The Hall–Kier alpha value is -3.05. The Labute approximate surface area is 175 Å². The van der Waals surface area contributed by atoms with Gasteiger partial charge in [-0.2, -0.15) is 0 Å². The van der Waals surface area contributed by atoms with Crippen molar-refractivity contribution in [2.45, 2.75) is 24.8 Å². The van der Waals surface area contributed by atoms with Crippen LogP contribution in [0.4, 0.5) is 0 Å². The van der Waals surface area contributed by atoms with Gasteiger partial charge in [0.05, 0.1) is 7.11 Å². The molecule has 0 fully saturated rings. The fraction of sp³-hybridized carbons (Fsp3) is 0.167. The van der Waals surface area contributed by atoms with Gasteiger partial charge in [-0.1, -0.05) is 53.7 Å². The first-order valence-electron chi connectivity index (χ1n) is 9.49. The van der Waals surface area contributed by atoms with E-state index in [0.29, 0.717) is 0 Å². The number of benzene rings is 3. The minimum atomic E-state index is 0.823. The van der Waals surface area contributed by atoms with Crippen LogP contribution in [0.25, 0.3) is 17.1 Å². The molecule has 0 radical (unpaired) electrons. The molecule has 29 heavy (non-hydrogen) atoms. The van der Waals surface area contributed by atoms with Crippen molar-refractivity contribution in [1.29, 1.82) is 0 Å². The summed E-state index contributed by atoms with van der Waals surface area (Å²) in [7, 11) is 1.67. The van der Waals surface area contributed by atoms with Gasteiger partial charge in [-0.3, -0.25) is 4.57 Å². The van der Waals surface area contributed by atoms with Crippen molar-refractivity contribution in [2.75, 3.05) is 7.11 Å². The molecule has 3 aromatic carbocycles. The summed E-state index contributed by atoms with van der Waals surface area (Å²) in [4.78, 5) is 0. The molecule has 0 bridgehead atoms. The van der Waals surface area contributed by atoms with Gasteiger partial charge in [0.1, 0.15) is 5.75 Å². The molecule has 146 valence electrons. The molecule has 0 amide bonds. The van der Waals surface area contributed by atoms with Crippen LogP contribution in [0.5, 0.6) is 5.75 Å². The minimum absolute atomic E-state index is 0.823. The average Bonchev–Trinajstić information content (AvgIpc) is 3.17. The van der Waals surface area contributed by atoms with E-state index in [1.165, 1.54) is 16.7 Å². The largest absolute Gasteiger partial charge is 0.497 e. The smallest absolute Gasteiger partial charge is 0.196 e. The molecule has 4 nitrogen and oxygen atoms in total. The Morgan fingerprint density at radius 2 is 1.62 bits per heavy atom. The maximum Gasteiger partial charge on any atom is 0.196 e. The first kappa shape index (κ1) is 19.3. The fourth-order valence-electron chi connectivity index (χ4n) is 3.12. The van der Waals surface area contributed by atoms with Crippen molar-refractivity contribution in [1.82, 2.24) is 14.8 Å². The van der Waals surface area contributed by atoms with Crippen molar-refractivity contribution < 1.29 is 4.74 Å². The molecule has 4 aromatic rings. The Morgan fingerprint density at radius 1 is 0.862 bits per heavy atom. The molecule has 0 atom stereocenters. The number of aromatic nitrogens is 3. The monoisotopic (exact) mass is 401 g/mol. The SMILES string of the molecule is COc1ccc(-c2nnc(SCc3ccc(C)cc3)n2-c2cccc(C)c2)cc1. The number of nitrogens with zero attached hydrogens (tertiary/aromatic N) is 3. The Bertz CT molecular complexity index is 1100. The van der Waals surface area contributed by atoms with Crippen LogP contribution in [-0.2, 0) is 5.75 Å². The molecular formula is C24H23N3OS. The molecule has 0 aliphatic heterocycles. The lowest BCUT2D eigenvalue weighted by atomic mass is 10.2. The molecule has 0 aliphatic carbocycles. The number of hydrogen-bond donors (Lipinski definition) is 0. The summed E-state index contributed by atoms with van der Waals surface area (Å²) < 4.78 is 7.42. The Morgan fingerprint density at radius 3 is 2.31 bits per heavy atom. The van der Waals surface area contributed by atoms with Crippen molar-refractivity contribution in [3.63, 3.8) is 0 Å². The highest BCUT2D eigenvalue weighted by atomic mass is 32.2. The van der Waals surface area contributed by atoms with E-state index in [-0.39, 0.29) is 0 Å². The lowest BCUT2D eigenvalue weighted by Gasteiger charge is -2.11. The summed E-state index contributed by atoms with van der Waals surface area (Å²) in [5.41, 5.74) is 5.80. The van der Waals surface area contributed by atoms with E-state index in [2.05, 4.69) is 77.1 Å². The second kappa shape index (κ2) is 8.53. The zero-order valence-electron chi connectivity index (χ0n) is 16.8.